The molecule has 0 spiro atoms. The summed E-state index contributed by atoms with van der Waals surface area (Å²) >= 11 is 0. The van der Waals surface area contributed by atoms with Crippen LogP contribution < -0.4 is 14.8 Å². The summed E-state index contributed by atoms with van der Waals surface area (Å²) in [6.07, 6.45) is 0. The van der Waals surface area contributed by atoms with Crippen molar-refractivity contribution < 1.29 is 9.47 Å². The van der Waals surface area contributed by atoms with Gasteiger partial charge < -0.3 is 14.8 Å². The Hall–Kier alpha value is -3.09. The van der Waals surface area contributed by atoms with Crippen LogP contribution in [0.1, 0.15) is 5.56 Å². The van der Waals surface area contributed by atoms with E-state index in [1.54, 1.807) is 18.9 Å². The molecule has 1 N–H and O–H groups in total. The van der Waals surface area contributed by atoms with Crippen molar-refractivity contribution in [1.82, 2.24) is 20.2 Å². The molecule has 2 aromatic carbocycles. The highest BCUT2D eigenvalue weighted by Crippen LogP contribution is 2.17. The molecule has 0 bridgehead atoms. The fourth-order valence-corrected chi connectivity index (χ4v) is 2.12. The van der Waals surface area contributed by atoms with Crippen molar-refractivity contribution in [3.63, 3.8) is 0 Å². The number of hydrogen-bond donors (Lipinski definition) is 1. The highest BCUT2D eigenvalue weighted by molar-refractivity contribution is 5.42. The van der Waals surface area contributed by atoms with Gasteiger partial charge in [-0.25, -0.2) is 0 Å². The fourth-order valence-electron chi connectivity index (χ4n) is 2.12. The molecular weight excluding hydrogens is 294 g/mol. The topological polar surface area (TPSA) is 74.1 Å². The monoisotopic (exact) mass is 311 g/mol. The molecular formula is C16H17N5O2. The summed E-state index contributed by atoms with van der Waals surface area (Å²) in [6, 6.07) is 15.4. The van der Waals surface area contributed by atoms with Crippen LogP contribution in [0.15, 0.2) is 48.5 Å². The van der Waals surface area contributed by atoms with Gasteiger partial charge in [-0.1, -0.05) is 17.2 Å². The first-order chi connectivity index (χ1) is 11.3. The van der Waals surface area contributed by atoms with Gasteiger partial charge in [-0.3, -0.25) is 0 Å². The maximum Gasteiger partial charge on any atom is 0.248 e. The molecule has 0 unspecified atom stereocenters. The van der Waals surface area contributed by atoms with Gasteiger partial charge in [0.05, 0.1) is 19.9 Å². The molecule has 1 heterocycles. The second kappa shape index (κ2) is 6.78. The molecule has 3 rings (SSSR count). The summed E-state index contributed by atoms with van der Waals surface area (Å²) < 4.78 is 11.9. The number of aromatic nitrogens is 4. The van der Waals surface area contributed by atoms with Gasteiger partial charge in [-0.2, -0.15) is 4.68 Å². The standard InChI is InChI=1S/C16H17N5O2/c1-22-14-7-3-12(4-8-14)11-17-16-18-19-20-21(16)13-5-9-15(23-2)10-6-13/h3-10H,11H2,1-2H3,(H,17,18,20). The molecule has 0 aliphatic carbocycles. The second-order valence-electron chi connectivity index (χ2n) is 4.81. The normalized spacial score (nSPS) is 10.3. The van der Waals surface area contributed by atoms with Crippen molar-refractivity contribution in [3.05, 3.63) is 54.1 Å². The highest BCUT2D eigenvalue weighted by atomic mass is 16.5. The Bertz CT molecular complexity index is 753. The Morgan fingerprint density at radius 3 is 2.13 bits per heavy atom. The molecule has 3 aromatic rings. The Balaban J connectivity index is 1.72. The molecule has 0 saturated heterocycles. The van der Waals surface area contributed by atoms with E-state index in [2.05, 4.69) is 20.8 Å². The van der Waals surface area contributed by atoms with Crippen molar-refractivity contribution in [1.29, 1.82) is 0 Å². The summed E-state index contributed by atoms with van der Waals surface area (Å²) in [4.78, 5) is 0. The first-order valence-electron chi connectivity index (χ1n) is 7.10. The number of ether oxygens (including phenoxy) is 2. The van der Waals surface area contributed by atoms with Crippen molar-refractivity contribution >= 4 is 5.95 Å². The van der Waals surface area contributed by atoms with Crippen LogP contribution in [0, 0.1) is 0 Å². The molecule has 1 aromatic heterocycles. The van der Waals surface area contributed by atoms with Crippen LogP contribution in [0.5, 0.6) is 11.5 Å². The molecule has 118 valence electrons. The van der Waals surface area contributed by atoms with E-state index >= 15 is 0 Å². The van der Waals surface area contributed by atoms with Gasteiger partial charge in [0.1, 0.15) is 11.5 Å². The number of tetrazole rings is 1. The van der Waals surface area contributed by atoms with Gasteiger partial charge in [0.15, 0.2) is 0 Å². The summed E-state index contributed by atoms with van der Waals surface area (Å²) in [6.45, 7) is 0.612. The van der Waals surface area contributed by atoms with Gasteiger partial charge in [0, 0.05) is 6.54 Å². The molecule has 0 aliphatic rings. The number of anilines is 1. The van der Waals surface area contributed by atoms with Crippen molar-refractivity contribution in [2.45, 2.75) is 6.54 Å². The molecule has 23 heavy (non-hydrogen) atoms. The minimum absolute atomic E-state index is 0.575. The van der Waals surface area contributed by atoms with E-state index in [1.165, 1.54) is 0 Å². The Morgan fingerprint density at radius 2 is 1.52 bits per heavy atom. The van der Waals surface area contributed by atoms with Crippen LogP contribution in [0.25, 0.3) is 5.69 Å². The van der Waals surface area contributed by atoms with Gasteiger partial charge in [0.25, 0.3) is 0 Å². The molecule has 0 amide bonds. The molecule has 0 radical (unpaired) electrons. The number of nitrogens with zero attached hydrogens (tertiary/aromatic N) is 4. The summed E-state index contributed by atoms with van der Waals surface area (Å²) in [5.41, 5.74) is 1.96. The van der Waals surface area contributed by atoms with E-state index in [4.69, 9.17) is 9.47 Å². The molecule has 0 aliphatic heterocycles. The number of methoxy groups -OCH3 is 2. The van der Waals surface area contributed by atoms with Crippen LogP contribution in [0.4, 0.5) is 5.95 Å². The van der Waals surface area contributed by atoms with Gasteiger partial charge >= 0.3 is 0 Å². The predicted molar refractivity (Wildman–Crippen MR) is 86.0 cm³/mol. The largest absolute Gasteiger partial charge is 0.497 e. The van der Waals surface area contributed by atoms with Crippen LogP contribution in [-0.4, -0.2) is 34.4 Å². The first kappa shape index (κ1) is 14.8. The van der Waals surface area contributed by atoms with E-state index in [9.17, 15) is 0 Å². The maximum absolute atomic E-state index is 5.15. The van der Waals surface area contributed by atoms with Crippen molar-refractivity contribution in [2.24, 2.45) is 0 Å². The van der Waals surface area contributed by atoms with E-state index in [-0.39, 0.29) is 0 Å². The number of benzene rings is 2. The van der Waals surface area contributed by atoms with Crippen molar-refractivity contribution in [2.75, 3.05) is 19.5 Å². The third kappa shape index (κ3) is 3.39. The Labute approximate surface area is 133 Å². The third-order valence-electron chi connectivity index (χ3n) is 3.40. The van der Waals surface area contributed by atoms with Crippen molar-refractivity contribution in [3.8, 4) is 17.2 Å². The van der Waals surface area contributed by atoms with Crippen LogP contribution in [0.2, 0.25) is 0 Å². The highest BCUT2D eigenvalue weighted by Gasteiger charge is 2.08. The molecule has 7 nitrogen and oxygen atoms in total. The minimum atomic E-state index is 0.575. The summed E-state index contributed by atoms with van der Waals surface area (Å²) in [5.74, 6) is 2.19. The van der Waals surface area contributed by atoms with Crippen LogP contribution in [0.3, 0.4) is 0 Å². The zero-order valence-electron chi connectivity index (χ0n) is 12.9. The maximum atomic E-state index is 5.15. The molecule has 0 saturated carbocycles. The summed E-state index contributed by atoms with van der Waals surface area (Å²) in [7, 11) is 3.28. The van der Waals surface area contributed by atoms with Gasteiger partial charge in [0.2, 0.25) is 5.95 Å². The predicted octanol–water partition coefficient (Wildman–Crippen LogP) is 2.29. The zero-order chi connectivity index (χ0) is 16.1. The van der Waals surface area contributed by atoms with E-state index in [0.29, 0.717) is 12.5 Å². The SMILES string of the molecule is COc1ccc(CNc2nnnn2-c2ccc(OC)cc2)cc1. The summed E-state index contributed by atoms with van der Waals surface area (Å²) in [5, 5.41) is 15.0. The van der Waals surface area contributed by atoms with E-state index in [1.807, 2.05) is 48.5 Å². The fraction of sp³-hybridized carbons (Fsp3) is 0.188. The lowest BCUT2D eigenvalue weighted by Crippen LogP contribution is -2.07. The number of hydrogen-bond acceptors (Lipinski definition) is 6. The zero-order valence-corrected chi connectivity index (χ0v) is 12.9. The lowest BCUT2D eigenvalue weighted by Gasteiger charge is -2.08. The van der Waals surface area contributed by atoms with E-state index in [0.717, 1.165) is 22.7 Å². The van der Waals surface area contributed by atoms with E-state index < -0.39 is 0 Å². The van der Waals surface area contributed by atoms with Crippen LogP contribution >= 0.6 is 0 Å². The Kier molecular flexibility index (Phi) is 4.37. The van der Waals surface area contributed by atoms with Gasteiger partial charge in [-0.15, -0.1) is 0 Å². The lowest BCUT2D eigenvalue weighted by molar-refractivity contribution is 0.414. The lowest BCUT2D eigenvalue weighted by atomic mass is 10.2. The van der Waals surface area contributed by atoms with Gasteiger partial charge in [-0.05, 0) is 52.4 Å². The molecule has 7 heteroatoms. The van der Waals surface area contributed by atoms with Crippen LogP contribution in [-0.2, 0) is 6.54 Å². The quantitative estimate of drug-likeness (QED) is 0.753. The number of nitrogens with one attached hydrogen (secondary N) is 1. The molecule has 0 atom stereocenters. The Morgan fingerprint density at radius 1 is 0.913 bits per heavy atom. The molecule has 0 fully saturated rings. The first-order valence-corrected chi connectivity index (χ1v) is 7.10. The average molecular weight is 311 g/mol. The third-order valence-corrected chi connectivity index (χ3v) is 3.40. The number of rotatable bonds is 6. The average Bonchev–Trinajstić information content (AvgIpc) is 3.09. The smallest absolute Gasteiger partial charge is 0.248 e. The second-order valence-corrected chi connectivity index (χ2v) is 4.81. The minimum Gasteiger partial charge on any atom is -0.497 e.